The minimum Gasteiger partial charge on any atom is -0.312 e. The summed E-state index contributed by atoms with van der Waals surface area (Å²) in [5.41, 5.74) is 1.84. The monoisotopic (exact) mass is 327 g/mol. The van der Waals surface area contributed by atoms with Crippen LogP contribution in [-0.4, -0.2) is 32.2 Å². The van der Waals surface area contributed by atoms with Gasteiger partial charge in [0.2, 0.25) is 10.0 Å². The second kappa shape index (κ2) is 7.17. The number of halogens is 1. The fourth-order valence-electron chi connectivity index (χ4n) is 2.06. The van der Waals surface area contributed by atoms with E-state index in [1.807, 2.05) is 24.3 Å². The summed E-state index contributed by atoms with van der Waals surface area (Å²) in [6, 6.07) is 7.50. The van der Waals surface area contributed by atoms with Crippen LogP contribution in [0.5, 0.6) is 0 Å². The number of aromatic nitrogens is 1. The lowest BCUT2D eigenvalue weighted by Crippen LogP contribution is -2.31. The molecule has 2 N–H and O–H groups in total. The summed E-state index contributed by atoms with van der Waals surface area (Å²) in [5, 5.41) is 4.69. The summed E-state index contributed by atoms with van der Waals surface area (Å²) in [4.78, 5) is 4.34. The number of benzene rings is 1. The fraction of sp³-hybridized carbons (Fsp3) is 0.357. The van der Waals surface area contributed by atoms with E-state index in [1.54, 1.807) is 13.1 Å². The molecule has 0 radical (unpaired) electrons. The molecule has 114 valence electrons. The zero-order chi connectivity index (χ0) is 15.3. The van der Waals surface area contributed by atoms with Crippen molar-refractivity contribution in [1.29, 1.82) is 0 Å². The van der Waals surface area contributed by atoms with Gasteiger partial charge in [0, 0.05) is 36.2 Å². The van der Waals surface area contributed by atoms with E-state index < -0.39 is 10.0 Å². The average molecular weight is 328 g/mol. The van der Waals surface area contributed by atoms with Gasteiger partial charge in [0.15, 0.2) is 0 Å². The van der Waals surface area contributed by atoms with Crippen LogP contribution in [0.15, 0.2) is 30.5 Å². The van der Waals surface area contributed by atoms with Gasteiger partial charge in [0.05, 0.1) is 11.3 Å². The Morgan fingerprint density at radius 1 is 1.29 bits per heavy atom. The molecule has 1 aromatic carbocycles. The number of nitrogens with zero attached hydrogens (tertiary/aromatic N) is 1. The molecule has 0 saturated carbocycles. The molecule has 21 heavy (non-hydrogen) atoms. The third-order valence-corrected chi connectivity index (χ3v) is 4.83. The van der Waals surface area contributed by atoms with E-state index in [2.05, 4.69) is 15.0 Å². The fourth-order valence-corrected chi connectivity index (χ4v) is 3.27. The zero-order valence-corrected chi connectivity index (χ0v) is 13.3. The SMILES string of the molecule is CCNS(=O)(=O)CCNCc1ccc(Cl)c2cccnc12. The van der Waals surface area contributed by atoms with Crippen molar-refractivity contribution in [3.8, 4) is 0 Å². The summed E-state index contributed by atoms with van der Waals surface area (Å²) in [6.45, 7) is 3.10. The van der Waals surface area contributed by atoms with Gasteiger partial charge in [0.25, 0.3) is 0 Å². The van der Waals surface area contributed by atoms with Crippen molar-refractivity contribution in [1.82, 2.24) is 15.0 Å². The van der Waals surface area contributed by atoms with Gasteiger partial charge in [-0.1, -0.05) is 24.6 Å². The highest BCUT2D eigenvalue weighted by atomic mass is 35.5. The highest BCUT2D eigenvalue weighted by molar-refractivity contribution is 7.89. The molecular weight excluding hydrogens is 310 g/mol. The molecule has 7 heteroatoms. The highest BCUT2D eigenvalue weighted by Gasteiger charge is 2.08. The van der Waals surface area contributed by atoms with E-state index in [4.69, 9.17) is 11.6 Å². The van der Waals surface area contributed by atoms with Gasteiger partial charge in [-0.2, -0.15) is 0 Å². The summed E-state index contributed by atoms with van der Waals surface area (Å²) in [6.07, 6.45) is 1.72. The topological polar surface area (TPSA) is 71.1 Å². The van der Waals surface area contributed by atoms with Crippen molar-refractivity contribution >= 4 is 32.5 Å². The van der Waals surface area contributed by atoms with Gasteiger partial charge in [-0.15, -0.1) is 0 Å². The highest BCUT2D eigenvalue weighted by Crippen LogP contribution is 2.24. The first-order chi connectivity index (χ1) is 10.0. The molecule has 2 rings (SSSR count). The van der Waals surface area contributed by atoms with E-state index >= 15 is 0 Å². The molecule has 0 aliphatic rings. The Morgan fingerprint density at radius 3 is 2.86 bits per heavy atom. The molecule has 0 unspecified atom stereocenters. The van der Waals surface area contributed by atoms with E-state index in [-0.39, 0.29) is 5.75 Å². The Hall–Kier alpha value is -1.21. The first kappa shape index (κ1) is 16.2. The van der Waals surface area contributed by atoms with E-state index in [0.29, 0.717) is 24.7 Å². The quantitative estimate of drug-likeness (QED) is 0.762. The van der Waals surface area contributed by atoms with Crippen molar-refractivity contribution < 1.29 is 8.42 Å². The normalized spacial score (nSPS) is 11.9. The molecule has 0 amide bonds. The second-order valence-corrected chi connectivity index (χ2v) is 6.93. The van der Waals surface area contributed by atoms with Gasteiger partial charge in [0.1, 0.15) is 0 Å². The lowest BCUT2D eigenvalue weighted by molar-refractivity contribution is 0.579. The van der Waals surface area contributed by atoms with Crippen molar-refractivity contribution in [3.05, 3.63) is 41.0 Å². The molecule has 0 fully saturated rings. The third-order valence-electron chi connectivity index (χ3n) is 3.03. The first-order valence-corrected chi connectivity index (χ1v) is 8.76. The predicted molar refractivity (Wildman–Crippen MR) is 85.9 cm³/mol. The van der Waals surface area contributed by atoms with Crippen LogP contribution < -0.4 is 10.0 Å². The minimum atomic E-state index is -3.18. The maximum absolute atomic E-state index is 11.5. The lowest BCUT2D eigenvalue weighted by Gasteiger charge is -2.09. The van der Waals surface area contributed by atoms with Gasteiger partial charge in [-0.05, 0) is 23.8 Å². The van der Waals surface area contributed by atoms with E-state index in [9.17, 15) is 8.42 Å². The van der Waals surface area contributed by atoms with E-state index in [0.717, 1.165) is 16.5 Å². The van der Waals surface area contributed by atoms with Crippen LogP contribution in [0.25, 0.3) is 10.9 Å². The molecular formula is C14H18ClN3O2S. The minimum absolute atomic E-state index is 0.0553. The molecule has 0 bridgehead atoms. The predicted octanol–water partition coefficient (Wildman–Crippen LogP) is 1.92. The van der Waals surface area contributed by atoms with Crippen molar-refractivity contribution in [2.75, 3.05) is 18.8 Å². The van der Waals surface area contributed by atoms with Crippen LogP contribution in [0, 0.1) is 0 Å². The van der Waals surface area contributed by atoms with Crippen LogP contribution in [0.3, 0.4) is 0 Å². The molecule has 0 saturated heterocycles. The summed E-state index contributed by atoms with van der Waals surface area (Å²) < 4.78 is 25.5. The molecule has 1 heterocycles. The zero-order valence-electron chi connectivity index (χ0n) is 11.8. The number of nitrogens with one attached hydrogen (secondary N) is 2. The molecule has 5 nitrogen and oxygen atoms in total. The first-order valence-electron chi connectivity index (χ1n) is 6.73. The molecule has 1 aromatic heterocycles. The Morgan fingerprint density at radius 2 is 2.10 bits per heavy atom. The van der Waals surface area contributed by atoms with Crippen molar-refractivity contribution in [2.45, 2.75) is 13.5 Å². The number of rotatable bonds is 7. The van der Waals surface area contributed by atoms with Crippen molar-refractivity contribution in [2.24, 2.45) is 0 Å². The Balaban J connectivity index is 2.00. The summed E-state index contributed by atoms with van der Waals surface area (Å²) in [5.74, 6) is 0.0553. The van der Waals surface area contributed by atoms with Crippen LogP contribution in [0.1, 0.15) is 12.5 Å². The summed E-state index contributed by atoms with van der Waals surface area (Å²) in [7, 11) is -3.18. The smallest absolute Gasteiger partial charge is 0.212 e. The number of pyridine rings is 1. The number of sulfonamides is 1. The average Bonchev–Trinajstić information content (AvgIpc) is 2.46. The molecule has 2 aromatic rings. The van der Waals surface area contributed by atoms with Crippen molar-refractivity contribution in [3.63, 3.8) is 0 Å². The second-order valence-electron chi connectivity index (χ2n) is 4.60. The van der Waals surface area contributed by atoms with Gasteiger partial charge in [-0.3, -0.25) is 4.98 Å². The Bertz CT molecular complexity index is 719. The third kappa shape index (κ3) is 4.38. The summed E-state index contributed by atoms with van der Waals surface area (Å²) >= 11 is 6.14. The van der Waals surface area contributed by atoms with Crippen LogP contribution >= 0.6 is 11.6 Å². The van der Waals surface area contributed by atoms with Gasteiger partial charge < -0.3 is 5.32 Å². The standard InChI is InChI=1S/C14H18ClN3O2S/c1-2-18-21(19,20)9-8-16-10-11-5-6-13(15)12-4-3-7-17-14(11)12/h3-7,16,18H,2,8-10H2,1H3. The van der Waals surface area contributed by atoms with Crippen LogP contribution in [0.2, 0.25) is 5.02 Å². The number of hydrogen-bond acceptors (Lipinski definition) is 4. The van der Waals surface area contributed by atoms with Crippen LogP contribution in [-0.2, 0) is 16.6 Å². The Kier molecular flexibility index (Phi) is 5.52. The molecule has 0 aliphatic carbocycles. The van der Waals surface area contributed by atoms with Crippen LogP contribution in [0.4, 0.5) is 0 Å². The maximum atomic E-state index is 11.5. The number of hydrogen-bond donors (Lipinski definition) is 2. The maximum Gasteiger partial charge on any atom is 0.212 e. The molecule has 0 spiro atoms. The number of fused-ring (bicyclic) bond motifs is 1. The largest absolute Gasteiger partial charge is 0.312 e. The van der Waals surface area contributed by atoms with Gasteiger partial charge in [-0.25, -0.2) is 13.1 Å². The lowest BCUT2D eigenvalue weighted by atomic mass is 10.1. The Labute approximate surface area is 129 Å². The van der Waals surface area contributed by atoms with E-state index in [1.165, 1.54) is 0 Å². The van der Waals surface area contributed by atoms with Gasteiger partial charge >= 0.3 is 0 Å². The molecule has 0 atom stereocenters. The molecule has 0 aliphatic heterocycles.